The summed E-state index contributed by atoms with van der Waals surface area (Å²) in [6, 6.07) is 22.1. The summed E-state index contributed by atoms with van der Waals surface area (Å²) in [5.41, 5.74) is 6.45. The number of carbonyl (C=O) groups excluding carboxylic acids is 1. The molecule has 2 N–H and O–H groups in total. The molecule has 0 aliphatic rings. The fourth-order valence-electron chi connectivity index (χ4n) is 4.44. The van der Waals surface area contributed by atoms with Crippen molar-refractivity contribution >= 4 is 17.1 Å². The van der Waals surface area contributed by atoms with Crippen LogP contribution in [0.1, 0.15) is 47.7 Å². The van der Waals surface area contributed by atoms with Crippen molar-refractivity contribution in [1.29, 1.82) is 10.7 Å². The lowest BCUT2D eigenvalue weighted by Crippen LogP contribution is -2.37. The minimum absolute atomic E-state index is 0.0794. The first kappa shape index (κ1) is 24.0. The van der Waals surface area contributed by atoms with Crippen LogP contribution >= 0.6 is 0 Å². The molecule has 2 aromatic heterocycles. The van der Waals surface area contributed by atoms with Gasteiger partial charge in [-0.15, -0.1) is 0 Å². The Hall–Kier alpha value is -4.18. The van der Waals surface area contributed by atoms with Crippen LogP contribution in [-0.4, -0.2) is 26.6 Å². The van der Waals surface area contributed by atoms with Crippen molar-refractivity contribution in [3.63, 3.8) is 0 Å². The monoisotopic (exact) mass is 466 g/mol. The van der Waals surface area contributed by atoms with Crippen LogP contribution in [0.5, 0.6) is 0 Å². The minimum atomic E-state index is -0.321. The second-order valence-corrected chi connectivity index (χ2v) is 8.98. The molecule has 0 radical (unpaired) electrons. The second-order valence-electron chi connectivity index (χ2n) is 8.98. The number of nitrogens with one attached hydrogen (secondary N) is 2. The van der Waals surface area contributed by atoms with Gasteiger partial charge in [0.25, 0.3) is 0 Å². The van der Waals surface area contributed by atoms with Gasteiger partial charge in [0, 0.05) is 12.7 Å². The zero-order chi connectivity index (χ0) is 24.9. The average molecular weight is 467 g/mol. The predicted octanol–water partition coefficient (Wildman–Crippen LogP) is 4.36. The van der Waals surface area contributed by atoms with Crippen LogP contribution in [-0.2, 0) is 11.2 Å². The molecule has 0 spiro atoms. The van der Waals surface area contributed by atoms with Gasteiger partial charge >= 0.3 is 0 Å². The standard InChI is InChI=1S/C28H30N6O/c1-19-6-10-22(11-7-19)17-24(18-32-26(35)14-15-29)34-27-25(5-4-16-31-27)33(28(34)30)21(3)23-12-8-20(2)9-13-23/h4-13,16,21,24,30H,14,17-18H2,1-3H3,(H,32,35). The molecule has 2 unspecified atom stereocenters. The fourth-order valence-corrected chi connectivity index (χ4v) is 4.44. The maximum atomic E-state index is 12.1. The molecule has 4 rings (SSSR count). The summed E-state index contributed by atoms with van der Waals surface area (Å²) in [5.74, 6) is -0.321. The van der Waals surface area contributed by atoms with Gasteiger partial charge in [0.05, 0.1) is 23.7 Å². The van der Waals surface area contributed by atoms with Crippen molar-refractivity contribution in [2.75, 3.05) is 6.54 Å². The number of fused-ring (bicyclic) bond motifs is 1. The minimum Gasteiger partial charge on any atom is -0.353 e. The normalized spacial score (nSPS) is 12.7. The van der Waals surface area contributed by atoms with E-state index in [2.05, 4.69) is 72.7 Å². The number of nitrogens with zero attached hydrogens (tertiary/aromatic N) is 4. The maximum absolute atomic E-state index is 12.1. The molecule has 7 nitrogen and oxygen atoms in total. The first-order valence-electron chi connectivity index (χ1n) is 11.8. The molecule has 0 saturated carbocycles. The molecule has 7 heteroatoms. The van der Waals surface area contributed by atoms with Gasteiger partial charge in [-0.2, -0.15) is 5.26 Å². The van der Waals surface area contributed by atoms with Gasteiger partial charge in [-0.25, -0.2) is 4.98 Å². The van der Waals surface area contributed by atoms with E-state index in [0.29, 0.717) is 24.2 Å². The second kappa shape index (κ2) is 10.4. The lowest BCUT2D eigenvalue weighted by molar-refractivity contribution is -0.120. The number of aryl methyl sites for hydroxylation is 2. The summed E-state index contributed by atoms with van der Waals surface area (Å²) in [6.07, 6.45) is 2.15. The Balaban J connectivity index is 1.81. The number of nitriles is 1. The molecule has 0 aliphatic heterocycles. The molecule has 0 bridgehead atoms. The Morgan fingerprint density at radius 3 is 2.37 bits per heavy atom. The molecule has 2 aromatic carbocycles. The summed E-state index contributed by atoms with van der Waals surface area (Å²) in [4.78, 5) is 16.8. The third-order valence-corrected chi connectivity index (χ3v) is 6.39. The summed E-state index contributed by atoms with van der Waals surface area (Å²) in [7, 11) is 0. The molecule has 0 aliphatic carbocycles. The highest BCUT2D eigenvalue weighted by molar-refractivity contribution is 5.78. The van der Waals surface area contributed by atoms with Gasteiger partial charge in [0.2, 0.25) is 11.5 Å². The Kier molecular flexibility index (Phi) is 7.11. The highest BCUT2D eigenvalue weighted by Gasteiger charge is 2.23. The quantitative estimate of drug-likeness (QED) is 0.404. The SMILES string of the molecule is Cc1ccc(CC(CNC(=O)CC#N)n2c(=N)n(C(C)c3ccc(C)cc3)c3cccnc32)cc1. The summed E-state index contributed by atoms with van der Waals surface area (Å²) < 4.78 is 3.90. The molecule has 2 atom stereocenters. The third-order valence-electron chi connectivity index (χ3n) is 6.39. The molecule has 35 heavy (non-hydrogen) atoms. The van der Waals surface area contributed by atoms with E-state index in [4.69, 9.17) is 5.26 Å². The van der Waals surface area contributed by atoms with Crippen LogP contribution in [0, 0.1) is 30.6 Å². The van der Waals surface area contributed by atoms with E-state index in [1.54, 1.807) is 6.20 Å². The smallest absolute Gasteiger partial charge is 0.234 e. The molecule has 1 amide bonds. The van der Waals surface area contributed by atoms with Gasteiger partial charge in [0.1, 0.15) is 6.42 Å². The Labute approximate surface area is 205 Å². The zero-order valence-electron chi connectivity index (χ0n) is 20.3. The Morgan fingerprint density at radius 1 is 1.06 bits per heavy atom. The highest BCUT2D eigenvalue weighted by Crippen LogP contribution is 2.25. The van der Waals surface area contributed by atoms with Crippen LogP contribution in [0.15, 0.2) is 66.9 Å². The largest absolute Gasteiger partial charge is 0.353 e. The zero-order valence-corrected chi connectivity index (χ0v) is 20.3. The number of aromatic nitrogens is 3. The number of rotatable bonds is 8. The third kappa shape index (κ3) is 5.17. The number of hydrogen-bond donors (Lipinski definition) is 2. The Bertz CT molecular complexity index is 1420. The van der Waals surface area contributed by atoms with Crippen LogP contribution in [0.25, 0.3) is 11.2 Å². The van der Waals surface area contributed by atoms with Crippen molar-refractivity contribution in [2.45, 2.75) is 45.7 Å². The van der Waals surface area contributed by atoms with E-state index >= 15 is 0 Å². The fraction of sp³-hybridized carbons (Fsp3) is 0.286. The molecule has 0 fully saturated rings. The molecule has 178 valence electrons. The number of hydrogen-bond acceptors (Lipinski definition) is 4. The number of benzene rings is 2. The Morgan fingerprint density at radius 2 is 1.71 bits per heavy atom. The number of pyridine rings is 1. The van der Waals surface area contributed by atoms with E-state index in [1.165, 1.54) is 11.1 Å². The number of carbonyl (C=O) groups is 1. The first-order valence-corrected chi connectivity index (χ1v) is 11.8. The van der Waals surface area contributed by atoms with E-state index in [1.807, 2.05) is 34.3 Å². The van der Waals surface area contributed by atoms with Crippen molar-refractivity contribution in [3.05, 3.63) is 94.7 Å². The van der Waals surface area contributed by atoms with E-state index in [-0.39, 0.29) is 24.4 Å². The lowest BCUT2D eigenvalue weighted by atomic mass is 10.0. The van der Waals surface area contributed by atoms with Crippen LogP contribution in [0.3, 0.4) is 0 Å². The van der Waals surface area contributed by atoms with Crippen molar-refractivity contribution in [3.8, 4) is 6.07 Å². The molecular weight excluding hydrogens is 436 g/mol. The first-order chi connectivity index (χ1) is 16.9. The van der Waals surface area contributed by atoms with Gasteiger partial charge in [0.15, 0.2) is 5.65 Å². The van der Waals surface area contributed by atoms with Crippen molar-refractivity contribution in [2.24, 2.45) is 0 Å². The van der Waals surface area contributed by atoms with Crippen LogP contribution in [0.4, 0.5) is 0 Å². The lowest BCUT2D eigenvalue weighted by Gasteiger charge is -2.21. The highest BCUT2D eigenvalue weighted by atomic mass is 16.1. The molecule has 4 aromatic rings. The summed E-state index contributed by atoms with van der Waals surface area (Å²) in [5, 5.41) is 21.0. The van der Waals surface area contributed by atoms with Crippen LogP contribution < -0.4 is 10.9 Å². The molecular formula is C28H30N6O. The van der Waals surface area contributed by atoms with Crippen LogP contribution in [0.2, 0.25) is 0 Å². The van der Waals surface area contributed by atoms with E-state index < -0.39 is 0 Å². The number of amides is 1. The van der Waals surface area contributed by atoms with Gasteiger partial charge in [-0.05, 0) is 50.5 Å². The molecule has 0 saturated heterocycles. The number of imidazole rings is 1. The summed E-state index contributed by atoms with van der Waals surface area (Å²) >= 11 is 0. The average Bonchev–Trinajstić information content (AvgIpc) is 3.15. The predicted molar refractivity (Wildman–Crippen MR) is 136 cm³/mol. The van der Waals surface area contributed by atoms with Crippen molar-refractivity contribution < 1.29 is 4.79 Å². The summed E-state index contributed by atoms with van der Waals surface area (Å²) in [6.45, 7) is 6.48. The van der Waals surface area contributed by atoms with E-state index in [0.717, 1.165) is 16.6 Å². The van der Waals surface area contributed by atoms with Gasteiger partial charge in [-0.3, -0.25) is 14.8 Å². The molecule has 2 heterocycles. The van der Waals surface area contributed by atoms with Crippen molar-refractivity contribution in [1.82, 2.24) is 19.4 Å². The topological polar surface area (TPSA) is 99.5 Å². The van der Waals surface area contributed by atoms with E-state index in [9.17, 15) is 10.2 Å². The maximum Gasteiger partial charge on any atom is 0.234 e. The van der Waals surface area contributed by atoms with Gasteiger partial charge in [-0.1, -0.05) is 59.7 Å². The van der Waals surface area contributed by atoms with Gasteiger partial charge < -0.3 is 9.88 Å².